The zero-order valence-electron chi connectivity index (χ0n) is 5.67. The standard InChI is InChI=1S/C8H12S/c1-7-4-2-3-5-8(9)6-7/h2-4,8-9H,5-6H2,1H3. The van der Waals surface area contributed by atoms with Crippen molar-refractivity contribution in [3.8, 4) is 0 Å². The number of hydrogen-bond acceptors (Lipinski definition) is 1. The maximum Gasteiger partial charge on any atom is 0.00885 e. The second kappa shape index (κ2) is 3.11. The van der Waals surface area contributed by atoms with E-state index in [-0.39, 0.29) is 0 Å². The summed E-state index contributed by atoms with van der Waals surface area (Å²) in [7, 11) is 0. The van der Waals surface area contributed by atoms with Crippen molar-refractivity contribution >= 4 is 12.6 Å². The molecule has 0 saturated heterocycles. The fraction of sp³-hybridized carbons (Fsp3) is 0.500. The molecule has 0 aromatic rings. The molecule has 0 heterocycles. The van der Waals surface area contributed by atoms with Crippen LogP contribution in [0.15, 0.2) is 23.8 Å². The molecule has 9 heavy (non-hydrogen) atoms. The van der Waals surface area contributed by atoms with Gasteiger partial charge in [0.1, 0.15) is 0 Å². The monoisotopic (exact) mass is 140 g/mol. The number of hydrogen-bond donors (Lipinski definition) is 1. The average Bonchev–Trinajstić information content (AvgIpc) is 1.93. The first-order valence-corrected chi connectivity index (χ1v) is 3.81. The second-order valence-electron chi connectivity index (χ2n) is 2.53. The zero-order valence-corrected chi connectivity index (χ0v) is 6.57. The van der Waals surface area contributed by atoms with Crippen LogP contribution >= 0.6 is 12.6 Å². The Labute approximate surface area is 62.1 Å². The first kappa shape index (κ1) is 6.94. The summed E-state index contributed by atoms with van der Waals surface area (Å²) in [5.41, 5.74) is 1.43. The molecule has 1 heteroatoms. The lowest BCUT2D eigenvalue weighted by atomic mass is 10.1. The van der Waals surface area contributed by atoms with Crippen LogP contribution < -0.4 is 0 Å². The molecule has 0 N–H and O–H groups in total. The Kier molecular flexibility index (Phi) is 2.40. The molecule has 0 bridgehead atoms. The lowest BCUT2D eigenvalue weighted by molar-refractivity contribution is 0.869. The van der Waals surface area contributed by atoms with E-state index in [0.29, 0.717) is 5.25 Å². The zero-order chi connectivity index (χ0) is 6.69. The predicted octanol–water partition coefficient (Wildman–Crippen LogP) is 2.58. The van der Waals surface area contributed by atoms with Crippen LogP contribution in [0, 0.1) is 0 Å². The van der Waals surface area contributed by atoms with Gasteiger partial charge in [-0.2, -0.15) is 12.6 Å². The van der Waals surface area contributed by atoms with Crippen molar-refractivity contribution in [2.45, 2.75) is 25.0 Å². The summed E-state index contributed by atoms with van der Waals surface area (Å²) in [6.45, 7) is 2.15. The SMILES string of the molecule is CC1=CC=CCC(S)C1. The van der Waals surface area contributed by atoms with Gasteiger partial charge in [0.2, 0.25) is 0 Å². The minimum absolute atomic E-state index is 0.542. The molecule has 0 nitrogen and oxygen atoms in total. The van der Waals surface area contributed by atoms with E-state index in [1.807, 2.05) is 0 Å². The van der Waals surface area contributed by atoms with Crippen LogP contribution in [0.4, 0.5) is 0 Å². The van der Waals surface area contributed by atoms with Crippen LogP contribution in [-0.2, 0) is 0 Å². The molecule has 1 unspecified atom stereocenters. The van der Waals surface area contributed by atoms with Crippen LogP contribution in [-0.4, -0.2) is 5.25 Å². The molecule has 0 saturated carbocycles. The van der Waals surface area contributed by atoms with Crippen LogP contribution in [0.3, 0.4) is 0 Å². The molecule has 0 aromatic carbocycles. The summed E-state index contributed by atoms with van der Waals surface area (Å²) in [4.78, 5) is 0. The van der Waals surface area contributed by atoms with Gasteiger partial charge in [-0.1, -0.05) is 23.8 Å². The fourth-order valence-electron chi connectivity index (χ4n) is 0.991. The van der Waals surface area contributed by atoms with E-state index in [0.717, 1.165) is 12.8 Å². The fourth-order valence-corrected chi connectivity index (χ4v) is 1.40. The molecule has 0 spiro atoms. The smallest absolute Gasteiger partial charge is 0.00885 e. The van der Waals surface area contributed by atoms with E-state index in [2.05, 4.69) is 37.8 Å². The van der Waals surface area contributed by atoms with Gasteiger partial charge < -0.3 is 0 Å². The van der Waals surface area contributed by atoms with Gasteiger partial charge in [-0.25, -0.2) is 0 Å². The third kappa shape index (κ3) is 2.27. The summed E-state index contributed by atoms with van der Waals surface area (Å²) in [6, 6.07) is 0. The highest BCUT2D eigenvalue weighted by molar-refractivity contribution is 7.80. The molecular weight excluding hydrogens is 128 g/mol. The van der Waals surface area contributed by atoms with Gasteiger partial charge >= 0.3 is 0 Å². The van der Waals surface area contributed by atoms with Crippen molar-refractivity contribution in [2.75, 3.05) is 0 Å². The third-order valence-corrected chi connectivity index (χ3v) is 1.88. The van der Waals surface area contributed by atoms with Gasteiger partial charge in [0.05, 0.1) is 0 Å². The topological polar surface area (TPSA) is 0 Å². The Bertz CT molecular complexity index is 145. The Hall–Kier alpha value is -0.170. The van der Waals surface area contributed by atoms with E-state index in [1.54, 1.807) is 0 Å². The Balaban J connectivity index is 2.58. The van der Waals surface area contributed by atoms with Crippen molar-refractivity contribution in [1.29, 1.82) is 0 Å². The first-order valence-electron chi connectivity index (χ1n) is 3.29. The summed E-state index contributed by atoms with van der Waals surface area (Å²) in [5, 5.41) is 0.542. The van der Waals surface area contributed by atoms with E-state index in [1.165, 1.54) is 5.57 Å². The molecule has 50 valence electrons. The highest BCUT2D eigenvalue weighted by atomic mass is 32.1. The van der Waals surface area contributed by atoms with Gasteiger partial charge in [-0.3, -0.25) is 0 Å². The number of thiol groups is 1. The normalized spacial score (nSPS) is 27.3. The highest BCUT2D eigenvalue weighted by Gasteiger charge is 2.02. The summed E-state index contributed by atoms with van der Waals surface area (Å²) < 4.78 is 0. The maximum atomic E-state index is 4.40. The van der Waals surface area contributed by atoms with E-state index >= 15 is 0 Å². The quantitative estimate of drug-likeness (QED) is 0.491. The van der Waals surface area contributed by atoms with Crippen LogP contribution in [0.1, 0.15) is 19.8 Å². The van der Waals surface area contributed by atoms with Crippen molar-refractivity contribution in [2.24, 2.45) is 0 Å². The van der Waals surface area contributed by atoms with Crippen LogP contribution in [0.5, 0.6) is 0 Å². The molecular formula is C8H12S. The number of allylic oxidation sites excluding steroid dienone is 4. The molecule has 0 amide bonds. The lowest BCUT2D eigenvalue weighted by Gasteiger charge is -2.03. The molecule has 0 fully saturated rings. The summed E-state index contributed by atoms with van der Waals surface area (Å²) in [5.74, 6) is 0. The van der Waals surface area contributed by atoms with Crippen LogP contribution in [0.2, 0.25) is 0 Å². The molecule has 0 aromatic heterocycles. The average molecular weight is 140 g/mol. The Morgan fingerprint density at radius 2 is 2.44 bits per heavy atom. The summed E-state index contributed by atoms with van der Waals surface area (Å²) >= 11 is 4.40. The van der Waals surface area contributed by atoms with E-state index in [4.69, 9.17) is 0 Å². The maximum absolute atomic E-state index is 4.40. The third-order valence-electron chi connectivity index (χ3n) is 1.48. The molecule has 0 radical (unpaired) electrons. The summed E-state index contributed by atoms with van der Waals surface area (Å²) in [6.07, 6.45) is 8.70. The Morgan fingerprint density at radius 3 is 3.22 bits per heavy atom. The van der Waals surface area contributed by atoms with Crippen molar-refractivity contribution < 1.29 is 0 Å². The van der Waals surface area contributed by atoms with Crippen LogP contribution in [0.25, 0.3) is 0 Å². The molecule has 1 rings (SSSR count). The van der Waals surface area contributed by atoms with E-state index < -0.39 is 0 Å². The lowest BCUT2D eigenvalue weighted by Crippen LogP contribution is -1.94. The predicted molar refractivity (Wildman–Crippen MR) is 44.9 cm³/mol. The molecule has 1 atom stereocenters. The molecule has 0 aliphatic heterocycles. The van der Waals surface area contributed by atoms with Gasteiger partial charge in [0, 0.05) is 5.25 Å². The second-order valence-corrected chi connectivity index (χ2v) is 3.27. The first-order chi connectivity index (χ1) is 4.29. The van der Waals surface area contributed by atoms with Crippen molar-refractivity contribution in [3.63, 3.8) is 0 Å². The minimum Gasteiger partial charge on any atom is -0.175 e. The van der Waals surface area contributed by atoms with Crippen molar-refractivity contribution in [1.82, 2.24) is 0 Å². The van der Waals surface area contributed by atoms with Gasteiger partial charge in [-0.05, 0) is 19.8 Å². The number of rotatable bonds is 0. The molecule has 1 aliphatic rings. The van der Waals surface area contributed by atoms with E-state index in [9.17, 15) is 0 Å². The Morgan fingerprint density at radius 1 is 1.67 bits per heavy atom. The minimum atomic E-state index is 0.542. The van der Waals surface area contributed by atoms with Gasteiger partial charge in [-0.15, -0.1) is 0 Å². The molecule has 1 aliphatic carbocycles. The van der Waals surface area contributed by atoms with Gasteiger partial charge in [0.25, 0.3) is 0 Å². The largest absolute Gasteiger partial charge is 0.175 e. The van der Waals surface area contributed by atoms with Crippen molar-refractivity contribution in [3.05, 3.63) is 23.8 Å². The highest BCUT2D eigenvalue weighted by Crippen LogP contribution is 2.16. The van der Waals surface area contributed by atoms with Gasteiger partial charge in [0.15, 0.2) is 0 Å².